The maximum Gasteiger partial charge on any atom is 0.305 e. The first-order valence-corrected chi connectivity index (χ1v) is 13.8. The SMILES string of the molecule is CC(C)(C)C1CCC(N2C(=Nc3ccccc3Br)OCC2c2ccc(C(=O)NCCC(=O)O)cc2)CC1. The lowest BCUT2D eigenvalue weighted by Gasteiger charge is -2.41. The molecule has 2 fully saturated rings. The van der Waals surface area contributed by atoms with Crippen molar-refractivity contribution in [1.82, 2.24) is 10.2 Å². The van der Waals surface area contributed by atoms with E-state index in [1.54, 1.807) is 12.1 Å². The third kappa shape index (κ3) is 6.72. The molecule has 0 radical (unpaired) electrons. The van der Waals surface area contributed by atoms with Crippen LogP contribution in [0.5, 0.6) is 0 Å². The van der Waals surface area contributed by atoms with Gasteiger partial charge in [-0.05, 0) is 82.8 Å². The summed E-state index contributed by atoms with van der Waals surface area (Å²) in [5.41, 5.74) is 2.71. The monoisotopic (exact) mass is 569 g/mol. The second-order valence-corrected chi connectivity index (χ2v) is 11.8. The van der Waals surface area contributed by atoms with Crippen LogP contribution in [0.4, 0.5) is 5.69 Å². The van der Waals surface area contributed by atoms with Gasteiger partial charge in [0.1, 0.15) is 6.61 Å². The number of amides is 1. The van der Waals surface area contributed by atoms with Crippen LogP contribution in [0.15, 0.2) is 58.0 Å². The molecule has 37 heavy (non-hydrogen) atoms. The predicted octanol–water partition coefficient (Wildman–Crippen LogP) is 6.32. The lowest BCUT2D eigenvalue weighted by Crippen LogP contribution is -2.42. The first-order valence-electron chi connectivity index (χ1n) is 13.0. The normalized spacial score (nSPS) is 23.1. The number of benzene rings is 2. The molecule has 1 saturated carbocycles. The third-order valence-electron chi connectivity index (χ3n) is 7.49. The van der Waals surface area contributed by atoms with Crippen molar-refractivity contribution in [3.63, 3.8) is 0 Å². The van der Waals surface area contributed by atoms with E-state index in [9.17, 15) is 9.59 Å². The number of carboxylic acids is 1. The summed E-state index contributed by atoms with van der Waals surface area (Å²) < 4.78 is 7.13. The van der Waals surface area contributed by atoms with Crippen molar-refractivity contribution < 1.29 is 19.4 Å². The molecule has 0 aromatic heterocycles. The van der Waals surface area contributed by atoms with E-state index in [2.05, 4.69) is 46.9 Å². The molecule has 8 heteroatoms. The molecule has 2 aromatic rings. The molecule has 1 atom stereocenters. The van der Waals surface area contributed by atoms with Crippen LogP contribution in [-0.2, 0) is 9.53 Å². The highest BCUT2D eigenvalue weighted by Crippen LogP contribution is 2.42. The van der Waals surface area contributed by atoms with Crippen molar-refractivity contribution in [3.8, 4) is 0 Å². The topological polar surface area (TPSA) is 91.2 Å². The van der Waals surface area contributed by atoms with Gasteiger partial charge in [-0.15, -0.1) is 0 Å². The van der Waals surface area contributed by atoms with Crippen LogP contribution in [0.3, 0.4) is 0 Å². The first-order chi connectivity index (χ1) is 17.6. The molecule has 1 aliphatic carbocycles. The summed E-state index contributed by atoms with van der Waals surface area (Å²) in [4.78, 5) is 30.4. The van der Waals surface area contributed by atoms with E-state index in [0.717, 1.165) is 28.6 Å². The van der Waals surface area contributed by atoms with Gasteiger partial charge in [0.2, 0.25) is 0 Å². The van der Waals surface area contributed by atoms with Gasteiger partial charge in [-0.3, -0.25) is 9.59 Å². The molecule has 2 aliphatic rings. The van der Waals surface area contributed by atoms with Crippen molar-refractivity contribution in [1.29, 1.82) is 0 Å². The van der Waals surface area contributed by atoms with E-state index in [1.807, 2.05) is 36.4 Å². The Hall–Kier alpha value is -2.87. The Balaban J connectivity index is 1.56. The largest absolute Gasteiger partial charge is 0.481 e. The highest BCUT2D eigenvalue weighted by Gasteiger charge is 2.40. The van der Waals surface area contributed by atoms with Gasteiger partial charge in [0, 0.05) is 22.6 Å². The number of rotatable bonds is 7. The van der Waals surface area contributed by atoms with Gasteiger partial charge < -0.3 is 20.1 Å². The minimum atomic E-state index is -0.937. The number of aliphatic imine (C=N–C) groups is 1. The molecule has 0 spiro atoms. The van der Waals surface area contributed by atoms with Gasteiger partial charge in [-0.25, -0.2) is 0 Å². The van der Waals surface area contributed by atoms with Gasteiger partial charge >= 0.3 is 5.97 Å². The lowest BCUT2D eigenvalue weighted by atomic mass is 9.71. The summed E-state index contributed by atoms with van der Waals surface area (Å²) in [6.45, 7) is 7.59. The number of nitrogens with one attached hydrogen (secondary N) is 1. The van der Waals surface area contributed by atoms with E-state index in [-0.39, 0.29) is 24.9 Å². The van der Waals surface area contributed by atoms with Crippen molar-refractivity contribution in [2.45, 2.75) is 65.0 Å². The second-order valence-electron chi connectivity index (χ2n) is 11.0. The quantitative estimate of drug-likeness (QED) is 0.407. The van der Waals surface area contributed by atoms with Gasteiger partial charge in [0.25, 0.3) is 11.9 Å². The van der Waals surface area contributed by atoms with Crippen LogP contribution in [0, 0.1) is 11.3 Å². The average Bonchev–Trinajstić information content (AvgIpc) is 3.28. The number of hydrogen-bond donors (Lipinski definition) is 2. The van der Waals surface area contributed by atoms with E-state index < -0.39 is 5.97 Å². The zero-order chi connectivity index (χ0) is 26.6. The molecule has 1 saturated heterocycles. The number of halogens is 1. The van der Waals surface area contributed by atoms with Crippen LogP contribution in [0.1, 0.15) is 74.8 Å². The zero-order valence-corrected chi connectivity index (χ0v) is 23.3. The zero-order valence-electron chi connectivity index (χ0n) is 21.7. The summed E-state index contributed by atoms with van der Waals surface area (Å²) in [6.07, 6.45) is 4.42. The smallest absolute Gasteiger partial charge is 0.305 e. The van der Waals surface area contributed by atoms with E-state index in [1.165, 1.54) is 12.8 Å². The molecule has 1 heterocycles. The Bertz CT molecular complexity index is 1130. The Morgan fingerprint density at radius 2 is 1.76 bits per heavy atom. The molecule has 2 aromatic carbocycles. The van der Waals surface area contributed by atoms with Gasteiger partial charge in [-0.2, -0.15) is 4.99 Å². The second kappa shape index (κ2) is 11.7. The van der Waals surface area contributed by atoms with E-state index in [4.69, 9.17) is 14.8 Å². The fourth-order valence-electron chi connectivity index (χ4n) is 5.31. The fourth-order valence-corrected chi connectivity index (χ4v) is 5.68. The molecule has 1 amide bonds. The number of para-hydroxylation sites is 1. The maximum absolute atomic E-state index is 12.4. The van der Waals surface area contributed by atoms with Gasteiger partial charge in [-0.1, -0.05) is 45.0 Å². The van der Waals surface area contributed by atoms with Crippen LogP contribution < -0.4 is 5.32 Å². The molecule has 1 aliphatic heterocycles. The Morgan fingerprint density at radius 3 is 2.38 bits per heavy atom. The van der Waals surface area contributed by atoms with E-state index >= 15 is 0 Å². The van der Waals surface area contributed by atoms with Crippen molar-refractivity contribution in [2.24, 2.45) is 16.3 Å². The Kier molecular flexibility index (Phi) is 8.57. The van der Waals surface area contributed by atoms with Crippen molar-refractivity contribution >= 4 is 39.5 Å². The van der Waals surface area contributed by atoms with Crippen molar-refractivity contribution in [2.75, 3.05) is 13.2 Å². The number of aliphatic carboxylic acids is 1. The number of hydrogen-bond acceptors (Lipinski definition) is 4. The van der Waals surface area contributed by atoms with Crippen LogP contribution in [-0.4, -0.2) is 47.1 Å². The Labute approximate surface area is 227 Å². The minimum Gasteiger partial charge on any atom is -0.481 e. The highest BCUT2D eigenvalue weighted by molar-refractivity contribution is 9.10. The lowest BCUT2D eigenvalue weighted by molar-refractivity contribution is -0.136. The minimum absolute atomic E-state index is 0.00143. The number of carbonyl (C=O) groups is 2. The number of ether oxygens (including phenoxy) is 1. The van der Waals surface area contributed by atoms with Gasteiger partial charge in [0.05, 0.1) is 18.2 Å². The predicted molar refractivity (Wildman–Crippen MR) is 148 cm³/mol. The summed E-state index contributed by atoms with van der Waals surface area (Å²) in [7, 11) is 0. The van der Waals surface area contributed by atoms with Crippen LogP contribution in [0.2, 0.25) is 0 Å². The fraction of sp³-hybridized carbons (Fsp3) is 0.483. The van der Waals surface area contributed by atoms with Crippen molar-refractivity contribution in [3.05, 3.63) is 64.1 Å². The first kappa shape index (κ1) is 27.2. The average molecular weight is 571 g/mol. The number of carboxylic acid groups (broad SMARTS) is 1. The third-order valence-corrected chi connectivity index (χ3v) is 8.16. The molecular formula is C29H36BrN3O4. The highest BCUT2D eigenvalue weighted by atomic mass is 79.9. The van der Waals surface area contributed by atoms with Crippen LogP contribution in [0.25, 0.3) is 0 Å². The molecular weight excluding hydrogens is 534 g/mol. The molecule has 2 N–H and O–H groups in total. The van der Waals surface area contributed by atoms with Gasteiger partial charge in [0.15, 0.2) is 0 Å². The van der Waals surface area contributed by atoms with Crippen LogP contribution >= 0.6 is 15.9 Å². The summed E-state index contributed by atoms with van der Waals surface area (Å²) in [5, 5.41) is 11.4. The standard InChI is InChI=1S/C29H36BrN3O4/c1-29(2,3)21-12-14-22(15-13-21)33-25(18-37-28(33)32-24-7-5-4-6-23(24)30)19-8-10-20(11-9-19)27(36)31-17-16-26(34)35/h4-11,21-22,25H,12-18H2,1-3H3,(H,31,36)(H,34,35). The maximum atomic E-state index is 12.4. The summed E-state index contributed by atoms with van der Waals surface area (Å²) >= 11 is 3.60. The summed E-state index contributed by atoms with van der Waals surface area (Å²) in [6, 6.07) is 16.4. The molecule has 0 bridgehead atoms. The molecule has 7 nitrogen and oxygen atoms in total. The molecule has 198 valence electrons. The molecule has 1 unspecified atom stereocenters. The number of carbonyl (C=O) groups excluding carboxylic acids is 1. The molecule has 4 rings (SSSR count). The van der Waals surface area contributed by atoms with E-state index in [0.29, 0.717) is 35.6 Å². The summed E-state index contributed by atoms with van der Waals surface area (Å²) in [5.74, 6) is -0.509. The number of nitrogens with zero attached hydrogens (tertiary/aromatic N) is 2. The Morgan fingerprint density at radius 1 is 1.08 bits per heavy atom. The number of amidine groups is 1.